The van der Waals surface area contributed by atoms with Crippen LogP contribution in [0.5, 0.6) is 5.75 Å². The Balaban J connectivity index is 1.96. The minimum Gasteiger partial charge on any atom is -0.506 e. The van der Waals surface area contributed by atoms with Crippen molar-refractivity contribution in [1.29, 1.82) is 0 Å². The number of phenolic OH excluding ortho intramolecular Hbond substituents is 1. The van der Waals surface area contributed by atoms with E-state index in [1.165, 1.54) is 11.3 Å². The van der Waals surface area contributed by atoms with Gasteiger partial charge < -0.3 is 9.84 Å². The van der Waals surface area contributed by atoms with Crippen LogP contribution in [0.3, 0.4) is 0 Å². The highest BCUT2D eigenvalue weighted by Crippen LogP contribution is 2.32. The molecule has 0 aliphatic carbocycles. The van der Waals surface area contributed by atoms with Gasteiger partial charge in [0.05, 0.1) is 31.5 Å². The first-order chi connectivity index (χ1) is 16.6. The lowest BCUT2D eigenvalue weighted by molar-refractivity contribution is -0.143. The number of allylic oxidation sites excluding steroid dienone is 1. The predicted octanol–water partition coefficient (Wildman–Crippen LogP) is 4.98. The number of esters is 1. The zero-order chi connectivity index (χ0) is 25.4. The number of benzene rings is 2. The number of hydrogen-bond acceptors (Lipinski definition) is 7. The number of thiazole rings is 1. The van der Waals surface area contributed by atoms with Crippen LogP contribution in [0.2, 0.25) is 0 Å². The molecule has 0 unspecified atom stereocenters. The van der Waals surface area contributed by atoms with Crippen molar-refractivity contribution in [2.45, 2.75) is 37.8 Å². The van der Waals surface area contributed by atoms with Crippen molar-refractivity contribution in [3.8, 4) is 5.75 Å². The van der Waals surface area contributed by atoms with Gasteiger partial charge in [0, 0.05) is 14.9 Å². The maximum absolute atomic E-state index is 13.7. The lowest BCUT2D eigenvalue weighted by Gasteiger charge is -2.25. The first kappa shape index (κ1) is 26.2. The fourth-order valence-electron chi connectivity index (χ4n) is 3.80. The van der Waals surface area contributed by atoms with Gasteiger partial charge in [-0.2, -0.15) is 0 Å². The van der Waals surface area contributed by atoms with E-state index >= 15 is 0 Å². The van der Waals surface area contributed by atoms with Crippen LogP contribution in [0.15, 0.2) is 66.8 Å². The van der Waals surface area contributed by atoms with Crippen LogP contribution in [-0.4, -0.2) is 28.0 Å². The molecule has 1 aliphatic heterocycles. The quantitative estimate of drug-likeness (QED) is 0.233. The van der Waals surface area contributed by atoms with Gasteiger partial charge in [-0.3, -0.25) is 9.36 Å². The van der Waals surface area contributed by atoms with Gasteiger partial charge >= 0.3 is 5.97 Å². The predicted molar refractivity (Wildman–Crippen MR) is 152 cm³/mol. The minimum atomic E-state index is -0.674. The fraction of sp³-hybridized carbons (Fsp3) is 0.240. The number of carbonyl (C=O) groups excluding carboxylic acids is 1. The molecule has 3 aromatic rings. The molecule has 4 rings (SSSR count). The number of carbonyl (C=O) groups is 1. The molecule has 6 nitrogen and oxygen atoms in total. The third-order valence-electron chi connectivity index (χ3n) is 5.36. The van der Waals surface area contributed by atoms with E-state index in [9.17, 15) is 14.7 Å². The molecule has 1 aliphatic rings. The fourth-order valence-corrected chi connectivity index (χ4v) is 6.80. The van der Waals surface area contributed by atoms with E-state index in [4.69, 9.17) is 4.74 Å². The van der Waals surface area contributed by atoms with Crippen LogP contribution in [0.25, 0.3) is 6.08 Å². The molecule has 0 radical (unpaired) electrons. The number of halogens is 2. The molecule has 182 valence electrons. The summed E-state index contributed by atoms with van der Waals surface area (Å²) in [5.74, 6) is -0.394. The average molecular weight is 685 g/mol. The van der Waals surface area contributed by atoms with Crippen molar-refractivity contribution < 1.29 is 14.6 Å². The van der Waals surface area contributed by atoms with Crippen LogP contribution in [-0.2, 0) is 9.53 Å². The second-order valence-electron chi connectivity index (χ2n) is 8.13. The highest BCUT2D eigenvalue weighted by molar-refractivity contribution is 14.1. The van der Waals surface area contributed by atoms with E-state index in [2.05, 4.69) is 20.9 Å². The summed E-state index contributed by atoms with van der Waals surface area (Å²) in [5.41, 5.74) is 1.88. The number of ether oxygens (including phenoxy) is 1. The van der Waals surface area contributed by atoms with E-state index < -0.39 is 12.0 Å². The first-order valence-corrected chi connectivity index (χ1v) is 14.6. The normalized spacial score (nSPS) is 15.9. The van der Waals surface area contributed by atoms with Crippen LogP contribution >= 0.6 is 61.6 Å². The monoisotopic (exact) mass is 684 g/mol. The van der Waals surface area contributed by atoms with Gasteiger partial charge in [-0.25, -0.2) is 9.79 Å². The molecular formula is C25H22BrIN2O4S2. The molecule has 0 amide bonds. The van der Waals surface area contributed by atoms with Crippen LogP contribution in [0.1, 0.15) is 37.9 Å². The summed E-state index contributed by atoms with van der Waals surface area (Å²) < 4.78 is 8.95. The molecule has 0 fully saturated rings. The minimum absolute atomic E-state index is 0.0984. The molecule has 2 aromatic carbocycles. The van der Waals surface area contributed by atoms with E-state index in [0.717, 1.165) is 14.9 Å². The third-order valence-corrected chi connectivity index (χ3v) is 8.37. The number of fused-ring (bicyclic) bond motifs is 1. The molecular weight excluding hydrogens is 663 g/mol. The number of aromatic nitrogens is 1. The maximum Gasteiger partial charge on any atom is 0.338 e. The number of phenols is 1. The van der Waals surface area contributed by atoms with Crippen molar-refractivity contribution in [1.82, 2.24) is 4.57 Å². The largest absolute Gasteiger partial charge is 0.506 e. The van der Waals surface area contributed by atoms with Gasteiger partial charge in [0.1, 0.15) is 5.75 Å². The van der Waals surface area contributed by atoms with Crippen LogP contribution in [0.4, 0.5) is 0 Å². The van der Waals surface area contributed by atoms with Gasteiger partial charge in [0.15, 0.2) is 4.80 Å². The molecule has 0 spiro atoms. The summed E-state index contributed by atoms with van der Waals surface area (Å²) >= 11 is 8.33. The molecule has 1 atom stereocenters. The lowest BCUT2D eigenvalue weighted by atomic mass is 9.96. The van der Waals surface area contributed by atoms with Gasteiger partial charge in [-0.05, 0) is 85.5 Å². The molecule has 1 aromatic heterocycles. The van der Waals surface area contributed by atoms with Crippen molar-refractivity contribution >= 4 is 73.7 Å². The van der Waals surface area contributed by atoms with E-state index in [0.29, 0.717) is 29.7 Å². The van der Waals surface area contributed by atoms with Crippen molar-refractivity contribution in [3.05, 3.63) is 86.5 Å². The van der Waals surface area contributed by atoms with Crippen LogP contribution < -0.4 is 14.9 Å². The molecule has 0 saturated heterocycles. The molecule has 0 bridgehead atoms. The highest BCUT2D eigenvalue weighted by atomic mass is 127. The Labute approximate surface area is 232 Å². The number of aromatic hydroxyl groups is 1. The standard InChI is InChI=1S/C25H22BrIN2O4S2/c1-12(2)33-24(32)20-13(3)28-25-29(21(20)14-5-7-17(34-4)8-6-14)23(31)19(35-25)10-15-9-16(26)11-18(27)22(15)30/h5-12,21,30H,1-4H3/b19-10-/t21-/m0/s1. The highest BCUT2D eigenvalue weighted by Gasteiger charge is 2.33. The summed E-state index contributed by atoms with van der Waals surface area (Å²) in [7, 11) is 0. The number of thioether (sulfide) groups is 1. The van der Waals surface area contributed by atoms with E-state index in [1.807, 2.05) is 53.1 Å². The second-order valence-corrected chi connectivity index (χ2v) is 12.1. The molecule has 2 heterocycles. The topological polar surface area (TPSA) is 80.9 Å². The summed E-state index contributed by atoms with van der Waals surface area (Å²) in [6.07, 6.45) is 3.34. The van der Waals surface area contributed by atoms with Gasteiger partial charge in [-0.15, -0.1) is 11.8 Å². The molecule has 1 N–H and O–H groups in total. The SMILES string of the molecule is CSc1ccc([C@H]2C(C(=O)OC(C)C)=C(C)N=c3s/c(=C\c4cc(Br)cc(I)c4O)c(=O)n32)cc1. The number of rotatable bonds is 5. The van der Waals surface area contributed by atoms with E-state index in [-0.39, 0.29) is 17.4 Å². The van der Waals surface area contributed by atoms with Crippen molar-refractivity contribution in [3.63, 3.8) is 0 Å². The summed E-state index contributed by atoms with van der Waals surface area (Å²) in [5, 5.41) is 10.5. The van der Waals surface area contributed by atoms with Crippen LogP contribution in [0, 0.1) is 3.57 Å². The van der Waals surface area contributed by atoms with Gasteiger partial charge in [0.2, 0.25) is 0 Å². The number of hydrogen-bond donors (Lipinski definition) is 1. The van der Waals surface area contributed by atoms with Gasteiger partial charge in [-0.1, -0.05) is 39.4 Å². The zero-order valence-corrected chi connectivity index (χ0v) is 24.7. The Kier molecular flexibility index (Phi) is 7.94. The zero-order valence-electron chi connectivity index (χ0n) is 19.3. The Morgan fingerprint density at radius 2 is 2.00 bits per heavy atom. The van der Waals surface area contributed by atoms with Gasteiger partial charge in [0.25, 0.3) is 5.56 Å². The summed E-state index contributed by atoms with van der Waals surface area (Å²) in [6.45, 7) is 5.34. The Hall–Kier alpha value is -1.89. The molecule has 10 heteroatoms. The first-order valence-electron chi connectivity index (χ1n) is 10.7. The third kappa shape index (κ3) is 5.30. The molecule has 35 heavy (non-hydrogen) atoms. The Morgan fingerprint density at radius 3 is 2.63 bits per heavy atom. The van der Waals surface area contributed by atoms with E-state index in [1.54, 1.807) is 55.3 Å². The molecule has 0 saturated carbocycles. The van der Waals surface area contributed by atoms with Crippen molar-refractivity contribution in [2.24, 2.45) is 4.99 Å². The Morgan fingerprint density at radius 1 is 1.31 bits per heavy atom. The second kappa shape index (κ2) is 10.6. The lowest BCUT2D eigenvalue weighted by Crippen LogP contribution is -2.40. The smallest absolute Gasteiger partial charge is 0.338 e. The Bertz CT molecular complexity index is 1520. The summed E-state index contributed by atoms with van der Waals surface area (Å²) in [6, 6.07) is 10.7. The average Bonchev–Trinajstić information content (AvgIpc) is 3.10. The maximum atomic E-state index is 13.7. The number of nitrogens with zero attached hydrogens (tertiary/aromatic N) is 2. The summed E-state index contributed by atoms with van der Waals surface area (Å²) in [4.78, 5) is 33.0. The van der Waals surface area contributed by atoms with Crippen molar-refractivity contribution in [2.75, 3.05) is 6.26 Å².